The van der Waals surface area contributed by atoms with E-state index >= 15 is 0 Å². The zero-order valence-corrected chi connectivity index (χ0v) is 17.7. The number of hydrogen-bond acceptors (Lipinski definition) is 4. The van der Waals surface area contributed by atoms with Crippen molar-refractivity contribution in [1.82, 2.24) is 0 Å². The maximum atomic E-state index is 13.6. The molecule has 0 saturated carbocycles. The van der Waals surface area contributed by atoms with Gasteiger partial charge in [0, 0.05) is 24.0 Å². The molecule has 3 aromatic rings. The average molecular weight is 402 g/mol. The second-order valence-corrected chi connectivity index (χ2v) is 7.62. The summed E-state index contributed by atoms with van der Waals surface area (Å²) in [6, 6.07) is 19.8. The summed E-state index contributed by atoms with van der Waals surface area (Å²) >= 11 is 0. The van der Waals surface area contributed by atoms with Crippen molar-refractivity contribution in [2.75, 3.05) is 24.4 Å². The highest BCUT2D eigenvalue weighted by atomic mass is 16.5. The largest absolute Gasteiger partial charge is 0.496 e. The number of benzene rings is 3. The molecule has 5 heteroatoms. The van der Waals surface area contributed by atoms with Crippen LogP contribution in [0.2, 0.25) is 0 Å². The molecule has 1 aliphatic heterocycles. The molecule has 1 aliphatic rings. The van der Waals surface area contributed by atoms with Crippen LogP contribution in [0.4, 0.5) is 11.4 Å². The molecule has 1 N–H and O–H groups in total. The number of anilines is 2. The lowest BCUT2D eigenvalue weighted by atomic mass is 10.00. The first-order chi connectivity index (χ1) is 14.5. The minimum Gasteiger partial charge on any atom is -0.496 e. The van der Waals surface area contributed by atoms with Gasteiger partial charge in [-0.3, -0.25) is 9.69 Å². The van der Waals surface area contributed by atoms with Gasteiger partial charge in [-0.25, -0.2) is 0 Å². The number of nitrogens with one attached hydrogen (secondary N) is 1. The lowest BCUT2D eigenvalue weighted by molar-refractivity contribution is 0.0975. The van der Waals surface area contributed by atoms with Gasteiger partial charge in [0.05, 0.1) is 19.3 Å². The lowest BCUT2D eigenvalue weighted by Gasteiger charge is -2.38. The normalized spacial score (nSPS) is 15.5. The van der Waals surface area contributed by atoms with Gasteiger partial charge in [-0.05, 0) is 66.9 Å². The van der Waals surface area contributed by atoms with E-state index in [1.165, 1.54) is 0 Å². The Hall–Kier alpha value is -3.31. The molecule has 30 heavy (non-hydrogen) atoms. The van der Waals surface area contributed by atoms with Gasteiger partial charge in [0.15, 0.2) is 0 Å². The van der Waals surface area contributed by atoms with Gasteiger partial charge >= 0.3 is 0 Å². The third-order valence-electron chi connectivity index (χ3n) is 5.33. The topological polar surface area (TPSA) is 50.8 Å². The number of carbonyl (C=O) groups excluding carboxylic acids is 1. The van der Waals surface area contributed by atoms with E-state index in [9.17, 15) is 4.79 Å². The van der Waals surface area contributed by atoms with Crippen molar-refractivity contribution in [3.05, 3.63) is 88.5 Å². The molecule has 0 aromatic heterocycles. The molecule has 5 nitrogen and oxygen atoms in total. The molecule has 0 bridgehead atoms. The van der Waals surface area contributed by atoms with Gasteiger partial charge in [0.1, 0.15) is 11.9 Å². The standard InChI is InChI=1S/C25H26N2O3/c1-16-11-17(2)13-20(12-16)27-24(26-22-8-6-5-7-21(22)25(27)28)18-9-10-23(30-4)19(14-18)15-29-3/h5-14,24,26H,15H2,1-4H3. The summed E-state index contributed by atoms with van der Waals surface area (Å²) in [5.74, 6) is 0.740. The van der Waals surface area contributed by atoms with E-state index in [1.807, 2.05) is 73.3 Å². The van der Waals surface area contributed by atoms with Crippen LogP contribution >= 0.6 is 0 Å². The molecular weight excluding hydrogens is 376 g/mol. The first kappa shape index (κ1) is 20.0. The highest BCUT2D eigenvalue weighted by Crippen LogP contribution is 2.38. The third kappa shape index (κ3) is 3.64. The van der Waals surface area contributed by atoms with Crippen molar-refractivity contribution in [1.29, 1.82) is 0 Å². The number of hydrogen-bond donors (Lipinski definition) is 1. The maximum Gasteiger partial charge on any atom is 0.262 e. The molecule has 0 fully saturated rings. The minimum absolute atomic E-state index is 0.0246. The number of aryl methyl sites for hydroxylation is 2. The number of ether oxygens (including phenoxy) is 2. The first-order valence-electron chi connectivity index (χ1n) is 9.95. The van der Waals surface area contributed by atoms with Crippen LogP contribution in [-0.2, 0) is 11.3 Å². The minimum atomic E-state index is -0.352. The van der Waals surface area contributed by atoms with Crippen molar-refractivity contribution < 1.29 is 14.3 Å². The monoisotopic (exact) mass is 402 g/mol. The lowest BCUT2D eigenvalue weighted by Crippen LogP contribution is -2.43. The number of methoxy groups -OCH3 is 2. The van der Waals surface area contributed by atoms with Gasteiger partial charge in [-0.15, -0.1) is 0 Å². The molecule has 1 heterocycles. The van der Waals surface area contributed by atoms with E-state index in [4.69, 9.17) is 9.47 Å². The quantitative estimate of drug-likeness (QED) is 0.635. The Kier molecular flexibility index (Phi) is 5.46. The number of rotatable bonds is 5. The van der Waals surface area contributed by atoms with Crippen molar-refractivity contribution in [3.8, 4) is 5.75 Å². The predicted molar refractivity (Wildman–Crippen MR) is 119 cm³/mol. The van der Waals surface area contributed by atoms with Crippen molar-refractivity contribution in [3.63, 3.8) is 0 Å². The zero-order valence-electron chi connectivity index (χ0n) is 17.7. The van der Waals surface area contributed by atoms with Gasteiger partial charge in [0.25, 0.3) is 5.91 Å². The van der Waals surface area contributed by atoms with Gasteiger partial charge < -0.3 is 14.8 Å². The summed E-state index contributed by atoms with van der Waals surface area (Å²) < 4.78 is 10.8. The fraction of sp³-hybridized carbons (Fsp3) is 0.240. The average Bonchev–Trinajstić information content (AvgIpc) is 2.73. The van der Waals surface area contributed by atoms with Crippen LogP contribution in [0, 0.1) is 13.8 Å². The fourth-order valence-electron chi connectivity index (χ4n) is 4.08. The number of carbonyl (C=O) groups is 1. The Balaban J connectivity index is 1.87. The summed E-state index contributed by atoms with van der Waals surface area (Å²) in [4.78, 5) is 15.4. The molecular formula is C25H26N2O3. The summed E-state index contributed by atoms with van der Waals surface area (Å²) in [5, 5.41) is 3.56. The van der Waals surface area contributed by atoms with Crippen LogP contribution in [0.25, 0.3) is 0 Å². The molecule has 0 spiro atoms. The van der Waals surface area contributed by atoms with E-state index in [2.05, 4.69) is 11.4 Å². The SMILES string of the molecule is COCc1cc(C2Nc3ccccc3C(=O)N2c2cc(C)cc(C)c2)ccc1OC. The molecule has 1 amide bonds. The van der Waals surface area contributed by atoms with Crippen molar-refractivity contribution >= 4 is 17.3 Å². The molecule has 0 aliphatic carbocycles. The molecule has 1 atom stereocenters. The zero-order chi connectivity index (χ0) is 21.3. The summed E-state index contributed by atoms with van der Waals surface area (Å²) in [7, 11) is 3.31. The molecule has 0 radical (unpaired) electrons. The second-order valence-electron chi connectivity index (χ2n) is 7.62. The van der Waals surface area contributed by atoms with E-state index in [1.54, 1.807) is 14.2 Å². The number of fused-ring (bicyclic) bond motifs is 1. The van der Waals surface area contributed by atoms with Crippen molar-refractivity contribution in [2.45, 2.75) is 26.6 Å². The smallest absolute Gasteiger partial charge is 0.262 e. The van der Waals surface area contributed by atoms with E-state index in [0.29, 0.717) is 12.2 Å². The number of amides is 1. The van der Waals surface area contributed by atoms with E-state index in [0.717, 1.165) is 39.4 Å². The molecule has 3 aromatic carbocycles. The summed E-state index contributed by atoms with van der Waals surface area (Å²) in [5.41, 5.74) is 6.50. The molecule has 154 valence electrons. The molecule has 1 unspecified atom stereocenters. The Labute approximate surface area is 177 Å². The second kappa shape index (κ2) is 8.20. The Morgan fingerprint density at radius 2 is 1.70 bits per heavy atom. The van der Waals surface area contributed by atoms with Crippen LogP contribution in [0.15, 0.2) is 60.7 Å². The molecule has 0 saturated heterocycles. The Morgan fingerprint density at radius 3 is 2.40 bits per heavy atom. The van der Waals surface area contributed by atoms with Crippen molar-refractivity contribution in [2.24, 2.45) is 0 Å². The summed E-state index contributed by atoms with van der Waals surface area (Å²) in [6.45, 7) is 4.52. The van der Waals surface area contributed by atoms with Crippen LogP contribution in [-0.4, -0.2) is 20.1 Å². The Bertz CT molecular complexity index is 1070. The highest BCUT2D eigenvalue weighted by Gasteiger charge is 2.34. The Morgan fingerprint density at radius 1 is 0.967 bits per heavy atom. The predicted octanol–water partition coefficient (Wildman–Crippen LogP) is 5.23. The van der Waals surface area contributed by atoms with E-state index in [-0.39, 0.29) is 12.1 Å². The van der Waals surface area contributed by atoms with E-state index < -0.39 is 0 Å². The number of para-hydroxylation sites is 1. The first-order valence-corrected chi connectivity index (χ1v) is 9.95. The van der Waals surface area contributed by atoms with Gasteiger partial charge in [-0.1, -0.05) is 24.3 Å². The fourth-order valence-corrected chi connectivity index (χ4v) is 4.08. The van der Waals surface area contributed by atoms with Crippen LogP contribution < -0.4 is 15.0 Å². The van der Waals surface area contributed by atoms with Gasteiger partial charge in [-0.2, -0.15) is 0 Å². The summed E-state index contributed by atoms with van der Waals surface area (Å²) in [6.07, 6.45) is -0.352. The highest BCUT2D eigenvalue weighted by molar-refractivity contribution is 6.12. The third-order valence-corrected chi connectivity index (χ3v) is 5.33. The number of nitrogens with zero attached hydrogens (tertiary/aromatic N) is 1. The van der Waals surface area contributed by atoms with Crippen LogP contribution in [0.3, 0.4) is 0 Å². The maximum absolute atomic E-state index is 13.6. The molecule has 4 rings (SSSR count). The van der Waals surface area contributed by atoms with Crippen LogP contribution in [0.1, 0.15) is 38.8 Å². The van der Waals surface area contributed by atoms with Gasteiger partial charge in [0.2, 0.25) is 0 Å². The van der Waals surface area contributed by atoms with Crippen LogP contribution in [0.5, 0.6) is 5.75 Å².